The van der Waals surface area contributed by atoms with Crippen LogP contribution in [0.4, 0.5) is 0 Å². The fourth-order valence-corrected chi connectivity index (χ4v) is 2.32. The van der Waals surface area contributed by atoms with E-state index in [9.17, 15) is 13.2 Å². The first-order chi connectivity index (χ1) is 8.28. The van der Waals surface area contributed by atoms with Crippen LogP contribution >= 0.6 is 0 Å². The first-order valence-electron chi connectivity index (χ1n) is 4.84. The van der Waals surface area contributed by atoms with Crippen molar-refractivity contribution in [3.8, 4) is 6.07 Å². The number of carbonyl (C=O) groups is 1. The summed E-state index contributed by atoms with van der Waals surface area (Å²) in [7, 11) is -2.80. The van der Waals surface area contributed by atoms with E-state index < -0.39 is 22.5 Å². The summed E-state index contributed by atoms with van der Waals surface area (Å²) < 4.78 is 24.6. The Bertz CT molecular complexity index is 619. The highest BCUT2D eigenvalue weighted by Gasteiger charge is 2.23. The number of aromatic nitrogens is 1. The first-order valence-corrected chi connectivity index (χ1v) is 6.28. The predicted octanol–water partition coefficient (Wildman–Crippen LogP) is -0.0332. The summed E-state index contributed by atoms with van der Waals surface area (Å²) in [4.78, 5) is 14.1. The van der Waals surface area contributed by atoms with Crippen molar-refractivity contribution in [3.63, 3.8) is 0 Å². The van der Waals surface area contributed by atoms with E-state index in [-0.39, 0.29) is 10.5 Å². The van der Waals surface area contributed by atoms with Gasteiger partial charge in [0.25, 0.3) is 0 Å². The zero-order valence-corrected chi connectivity index (χ0v) is 10.6. The maximum atomic E-state index is 12.0. The molecule has 0 atom stereocenters. The average molecular weight is 269 g/mol. The molecule has 0 aliphatic carbocycles. The molecule has 0 spiro atoms. The Kier molecular flexibility index (Phi) is 4.00. The molecule has 0 unspecified atom stereocenters. The van der Waals surface area contributed by atoms with Crippen LogP contribution in [0.3, 0.4) is 0 Å². The number of likely N-dealkylation sites (N-methyl/N-ethyl adjacent to an activating group) is 1. The van der Waals surface area contributed by atoms with E-state index in [2.05, 4.69) is 4.98 Å². The molecule has 1 aromatic heterocycles. The number of hydrogen-bond donors (Lipinski definition) is 1. The largest absolute Gasteiger partial charge is 0.480 e. The zero-order chi connectivity index (χ0) is 13.9. The second-order valence-corrected chi connectivity index (χ2v) is 5.62. The van der Waals surface area contributed by atoms with Crippen molar-refractivity contribution in [3.05, 3.63) is 23.5 Å². The predicted molar refractivity (Wildman–Crippen MR) is 61.1 cm³/mol. The van der Waals surface area contributed by atoms with Gasteiger partial charge in [-0.15, -0.1) is 0 Å². The van der Waals surface area contributed by atoms with E-state index in [1.807, 2.05) is 6.07 Å². The lowest BCUT2D eigenvalue weighted by atomic mass is 10.2. The normalized spacial score (nSPS) is 11.2. The fraction of sp³-hybridized carbons (Fsp3) is 0.300. The second-order valence-electron chi connectivity index (χ2n) is 3.57. The molecule has 0 aliphatic heterocycles. The van der Waals surface area contributed by atoms with Crippen molar-refractivity contribution in [1.29, 1.82) is 5.26 Å². The molecule has 0 fully saturated rings. The van der Waals surface area contributed by atoms with E-state index in [1.54, 1.807) is 6.92 Å². The number of sulfonamides is 1. The van der Waals surface area contributed by atoms with Crippen LogP contribution in [0, 0.1) is 18.3 Å². The molecule has 0 saturated heterocycles. The van der Waals surface area contributed by atoms with E-state index in [1.165, 1.54) is 6.07 Å². The molecule has 8 heteroatoms. The Morgan fingerprint density at radius 2 is 2.22 bits per heavy atom. The molecule has 7 nitrogen and oxygen atoms in total. The number of carboxylic acid groups (broad SMARTS) is 1. The van der Waals surface area contributed by atoms with E-state index in [4.69, 9.17) is 10.4 Å². The van der Waals surface area contributed by atoms with Gasteiger partial charge in [0.15, 0.2) is 0 Å². The van der Waals surface area contributed by atoms with E-state index in [0.29, 0.717) is 10.00 Å². The highest BCUT2D eigenvalue weighted by molar-refractivity contribution is 7.89. The average Bonchev–Trinajstić information content (AvgIpc) is 2.28. The van der Waals surface area contributed by atoms with Gasteiger partial charge >= 0.3 is 5.97 Å². The first kappa shape index (κ1) is 14.1. The van der Waals surface area contributed by atoms with Gasteiger partial charge in [-0.1, -0.05) is 0 Å². The smallest absolute Gasteiger partial charge is 0.318 e. The molecular formula is C10H11N3O4S. The Morgan fingerprint density at radius 1 is 1.61 bits per heavy atom. The van der Waals surface area contributed by atoms with Gasteiger partial charge in [0.2, 0.25) is 10.0 Å². The Hall–Kier alpha value is -1.98. The molecule has 0 radical (unpaired) electrons. The summed E-state index contributed by atoms with van der Waals surface area (Å²) in [6.07, 6.45) is 1.10. The molecule has 18 heavy (non-hydrogen) atoms. The molecule has 0 aliphatic rings. The highest BCUT2D eigenvalue weighted by atomic mass is 32.2. The number of aliphatic carboxylic acids is 1. The Morgan fingerprint density at radius 3 is 2.72 bits per heavy atom. The fourth-order valence-electron chi connectivity index (χ4n) is 1.22. The molecule has 1 rings (SSSR count). The molecule has 0 saturated carbocycles. The highest BCUT2D eigenvalue weighted by Crippen LogP contribution is 2.16. The van der Waals surface area contributed by atoms with E-state index in [0.717, 1.165) is 13.2 Å². The lowest BCUT2D eigenvalue weighted by Gasteiger charge is -2.14. The topological polar surface area (TPSA) is 111 Å². The molecule has 1 N–H and O–H groups in total. The molecule has 96 valence electrons. The van der Waals surface area contributed by atoms with Gasteiger partial charge in [-0.05, 0) is 13.0 Å². The lowest BCUT2D eigenvalue weighted by molar-refractivity contribution is -0.137. The quantitative estimate of drug-likeness (QED) is 0.821. The van der Waals surface area contributed by atoms with Gasteiger partial charge in [0.05, 0.1) is 11.3 Å². The van der Waals surface area contributed by atoms with Crippen molar-refractivity contribution >= 4 is 16.0 Å². The number of nitrogens with zero attached hydrogens (tertiary/aromatic N) is 3. The third kappa shape index (κ3) is 2.82. The molecule has 0 aromatic carbocycles. The SMILES string of the molecule is Cc1ncc(S(=O)(=O)N(C)CC(=O)O)cc1C#N. The standard InChI is InChI=1S/C10H11N3O4S/c1-7-8(4-11)3-9(5-12-7)18(16,17)13(2)6-10(14)15/h3,5H,6H2,1-2H3,(H,14,15). The minimum atomic E-state index is -3.94. The number of rotatable bonds is 4. The molecule has 0 amide bonds. The third-order valence-electron chi connectivity index (χ3n) is 2.25. The monoisotopic (exact) mass is 269 g/mol. The Balaban J connectivity index is 3.21. The van der Waals surface area contributed by atoms with Gasteiger partial charge in [-0.25, -0.2) is 8.42 Å². The summed E-state index contributed by atoms with van der Waals surface area (Å²) >= 11 is 0. The summed E-state index contributed by atoms with van der Waals surface area (Å²) in [6, 6.07) is 3.00. The van der Waals surface area contributed by atoms with Crippen molar-refractivity contribution in [1.82, 2.24) is 9.29 Å². The van der Waals surface area contributed by atoms with Crippen molar-refractivity contribution in [2.75, 3.05) is 13.6 Å². The van der Waals surface area contributed by atoms with Crippen LogP contribution in [0.2, 0.25) is 0 Å². The number of hydrogen-bond acceptors (Lipinski definition) is 5. The molecule has 1 heterocycles. The molecule has 0 bridgehead atoms. The summed E-state index contributed by atoms with van der Waals surface area (Å²) in [5.74, 6) is -1.26. The van der Waals surface area contributed by atoms with Crippen LogP contribution in [0.15, 0.2) is 17.2 Å². The van der Waals surface area contributed by atoms with Crippen molar-refractivity contribution < 1.29 is 18.3 Å². The number of nitriles is 1. The van der Waals surface area contributed by atoms with Crippen LogP contribution in [-0.2, 0) is 14.8 Å². The number of carboxylic acids is 1. The van der Waals surface area contributed by atoms with Crippen LogP contribution in [0.25, 0.3) is 0 Å². The van der Waals surface area contributed by atoms with Crippen LogP contribution < -0.4 is 0 Å². The number of aryl methyl sites for hydroxylation is 1. The lowest BCUT2D eigenvalue weighted by Crippen LogP contribution is -2.32. The summed E-state index contributed by atoms with van der Waals surface area (Å²) in [5.41, 5.74) is 0.553. The van der Waals surface area contributed by atoms with Crippen LogP contribution in [-0.4, -0.2) is 42.4 Å². The zero-order valence-electron chi connectivity index (χ0n) is 9.78. The summed E-state index contributed by atoms with van der Waals surface area (Å²) in [6.45, 7) is 0.925. The molecule has 1 aromatic rings. The maximum absolute atomic E-state index is 12.0. The van der Waals surface area contributed by atoms with E-state index >= 15 is 0 Å². The van der Waals surface area contributed by atoms with Gasteiger partial charge in [-0.3, -0.25) is 9.78 Å². The van der Waals surface area contributed by atoms with Gasteiger partial charge in [-0.2, -0.15) is 9.57 Å². The minimum absolute atomic E-state index is 0.139. The van der Waals surface area contributed by atoms with Gasteiger partial charge in [0.1, 0.15) is 17.5 Å². The van der Waals surface area contributed by atoms with Crippen LogP contribution in [0.1, 0.15) is 11.3 Å². The minimum Gasteiger partial charge on any atom is -0.480 e. The van der Waals surface area contributed by atoms with Gasteiger partial charge in [0, 0.05) is 13.2 Å². The van der Waals surface area contributed by atoms with Crippen molar-refractivity contribution in [2.45, 2.75) is 11.8 Å². The second kappa shape index (κ2) is 5.12. The maximum Gasteiger partial charge on any atom is 0.318 e. The summed E-state index contributed by atoms with van der Waals surface area (Å²) in [5, 5.41) is 17.4. The molecular weight excluding hydrogens is 258 g/mol. The number of pyridine rings is 1. The van der Waals surface area contributed by atoms with Crippen LogP contribution in [0.5, 0.6) is 0 Å². The van der Waals surface area contributed by atoms with Gasteiger partial charge < -0.3 is 5.11 Å². The third-order valence-corrected chi connectivity index (χ3v) is 4.02. The Labute approximate surface area is 104 Å². The van der Waals surface area contributed by atoms with Crippen molar-refractivity contribution in [2.24, 2.45) is 0 Å².